The third-order valence-corrected chi connectivity index (χ3v) is 3.73. The Morgan fingerprint density at radius 1 is 1.37 bits per heavy atom. The van der Waals surface area contributed by atoms with Crippen LogP contribution in [-0.4, -0.2) is 25.3 Å². The minimum Gasteiger partial charge on any atom is -0.497 e. The van der Waals surface area contributed by atoms with E-state index in [0.29, 0.717) is 6.61 Å². The molecule has 0 amide bonds. The zero-order valence-electron chi connectivity index (χ0n) is 10.6. The summed E-state index contributed by atoms with van der Waals surface area (Å²) in [6.45, 7) is 1.38. The quantitative estimate of drug-likeness (QED) is 0.837. The second-order valence-corrected chi connectivity index (χ2v) is 4.80. The van der Waals surface area contributed by atoms with Crippen molar-refractivity contribution in [2.24, 2.45) is 0 Å². The topological polar surface area (TPSA) is 31.4 Å². The van der Waals surface area contributed by atoms with Crippen molar-refractivity contribution in [1.29, 1.82) is 0 Å². The van der Waals surface area contributed by atoms with Crippen molar-refractivity contribution < 1.29 is 9.47 Å². The van der Waals surface area contributed by atoms with Gasteiger partial charge in [0.2, 0.25) is 0 Å². The van der Waals surface area contributed by atoms with Gasteiger partial charge in [-0.05, 0) is 24.1 Å². The number of pyridine rings is 1. The van der Waals surface area contributed by atoms with Gasteiger partial charge in [-0.2, -0.15) is 0 Å². The molecular weight excluding hydrogens is 262 g/mol. The second kappa shape index (κ2) is 5.19. The summed E-state index contributed by atoms with van der Waals surface area (Å²) in [6.07, 6.45) is 4.78. The van der Waals surface area contributed by atoms with Crippen molar-refractivity contribution in [3.63, 3.8) is 0 Å². The van der Waals surface area contributed by atoms with Gasteiger partial charge in [-0.25, -0.2) is 0 Å². The molecule has 0 N–H and O–H groups in total. The average Bonchev–Trinajstić information content (AvgIpc) is 2.48. The zero-order chi connectivity index (χ0) is 13.2. The predicted octanol–water partition coefficient (Wildman–Crippen LogP) is 3.70. The van der Waals surface area contributed by atoms with E-state index < -0.39 is 0 Å². The Labute approximate surface area is 116 Å². The Morgan fingerprint density at radius 3 is 3.00 bits per heavy atom. The molecule has 1 aromatic carbocycles. The summed E-state index contributed by atoms with van der Waals surface area (Å²) in [7, 11) is 1.64. The molecule has 0 saturated heterocycles. The standard InChI is InChI=1S/C15H14ClNO2/c1-18-11-2-3-12-14(8-11)17-9-13(15(12)16)10-4-6-19-7-5-10/h2-4,8-9H,5-7H2,1H3. The maximum Gasteiger partial charge on any atom is 0.121 e. The molecule has 1 aliphatic rings. The SMILES string of the molecule is COc1ccc2c(Cl)c(C3=CCOCC3)cnc2c1. The highest BCUT2D eigenvalue weighted by Gasteiger charge is 2.13. The van der Waals surface area contributed by atoms with Crippen LogP contribution in [0.1, 0.15) is 12.0 Å². The van der Waals surface area contributed by atoms with Crippen LogP contribution >= 0.6 is 11.6 Å². The summed E-state index contributed by atoms with van der Waals surface area (Å²) >= 11 is 6.51. The largest absolute Gasteiger partial charge is 0.497 e. The van der Waals surface area contributed by atoms with Crippen molar-refractivity contribution in [1.82, 2.24) is 4.98 Å². The Hall–Kier alpha value is -1.58. The molecule has 2 heterocycles. The number of halogens is 1. The van der Waals surface area contributed by atoms with Gasteiger partial charge >= 0.3 is 0 Å². The van der Waals surface area contributed by atoms with E-state index in [0.717, 1.165) is 40.3 Å². The molecule has 0 aliphatic carbocycles. The minimum absolute atomic E-state index is 0.645. The lowest BCUT2D eigenvalue weighted by molar-refractivity contribution is 0.161. The van der Waals surface area contributed by atoms with E-state index in [4.69, 9.17) is 21.1 Å². The molecule has 0 fully saturated rings. The van der Waals surface area contributed by atoms with Crippen LogP contribution in [0.4, 0.5) is 0 Å². The molecular formula is C15H14ClNO2. The van der Waals surface area contributed by atoms with Crippen LogP contribution in [0.25, 0.3) is 16.5 Å². The highest BCUT2D eigenvalue weighted by Crippen LogP contribution is 2.33. The molecule has 1 aromatic heterocycles. The number of ether oxygens (including phenoxy) is 2. The molecule has 3 rings (SSSR count). The summed E-state index contributed by atoms with van der Waals surface area (Å²) in [4.78, 5) is 4.48. The van der Waals surface area contributed by atoms with Crippen LogP contribution in [0.3, 0.4) is 0 Å². The highest BCUT2D eigenvalue weighted by atomic mass is 35.5. The van der Waals surface area contributed by atoms with E-state index in [1.54, 1.807) is 7.11 Å². The summed E-state index contributed by atoms with van der Waals surface area (Å²) in [5.41, 5.74) is 3.06. The van der Waals surface area contributed by atoms with Crippen molar-refractivity contribution in [3.05, 3.63) is 41.1 Å². The Morgan fingerprint density at radius 2 is 2.26 bits per heavy atom. The van der Waals surface area contributed by atoms with Gasteiger partial charge in [-0.1, -0.05) is 17.7 Å². The molecule has 0 radical (unpaired) electrons. The summed E-state index contributed by atoms with van der Waals surface area (Å²) < 4.78 is 10.5. The number of rotatable bonds is 2. The van der Waals surface area contributed by atoms with Crippen LogP contribution in [0.15, 0.2) is 30.5 Å². The fraction of sp³-hybridized carbons (Fsp3) is 0.267. The first-order valence-corrected chi connectivity index (χ1v) is 6.57. The number of nitrogens with zero attached hydrogens (tertiary/aromatic N) is 1. The lowest BCUT2D eigenvalue weighted by Gasteiger charge is -2.15. The van der Waals surface area contributed by atoms with Crippen molar-refractivity contribution >= 4 is 28.1 Å². The lowest BCUT2D eigenvalue weighted by atomic mass is 10.0. The normalized spacial score (nSPS) is 15.4. The van der Waals surface area contributed by atoms with Gasteiger partial charge in [-0.3, -0.25) is 4.98 Å². The Bertz CT molecular complexity index is 652. The van der Waals surface area contributed by atoms with Crippen molar-refractivity contribution in [3.8, 4) is 5.75 Å². The van der Waals surface area contributed by atoms with E-state index in [9.17, 15) is 0 Å². The first-order chi connectivity index (χ1) is 9.29. The predicted molar refractivity (Wildman–Crippen MR) is 76.7 cm³/mol. The fourth-order valence-corrected chi connectivity index (χ4v) is 2.59. The first kappa shape index (κ1) is 12.5. The van der Waals surface area contributed by atoms with Crippen LogP contribution in [0.2, 0.25) is 5.02 Å². The van der Waals surface area contributed by atoms with E-state index in [1.165, 1.54) is 5.57 Å². The molecule has 0 saturated carbocycles. The molecule has 3 nitrogen and oxygen atoms in total. The van der Waals surface area contributed by atoms with Gasteiger partial charge < -0.3 is 9.47 Å². The number of aromatic nitrogens is 1. The van der Waals surface area contributed by atoms with Crippen LogP contribution in [0, 0.1) is 0 Å². The summed E-state index contributed by atoms with van der Waals surface area (Å²) in [5.74, 6) is 0.786. The van der Waals surface area contributed by atoms with E-state index >= 15 is 0 Å². The van der Waals surface area contributed by atoms with Gasteiger partial charge in [0.1, 0.15) is 5.75 Å². The van der Waals surface area contributed by atoms with Crippen molar-refractivity contribution in [2.45, 2.75) is 6.42 Å². The third-order valence-electron chi connectivity index (χ3n) is 3.32. The Kier molecular flexibility index (Phi) is 3.40. The number of methoxy groups -OCH3 is 1. The molecule has 1 aliphatic heterocycles. The number of hydrogen-bond acceptors (Lipinski definition) is 3. The molecule has 0 spiro atoms. The molecule has 0 atom stereocenters. The van der Waals surface area contributed by atoms with E-state index in [1.807, 2.05) is 24.4 Å². The van der Waals surface area contributed by atoms with Crippen LogP contribution < -0.4 is 4.74 Å². The van der Waals surface area contributed by atoms with E-state index in [-0.39, 0.29) is 0 Å². The Balaban J connectivity index is 2.13. The van der Waals surface area contributed by atoms with Gasteiger partial charge in [0.25, 0.3) is 0 Å². The number of benzene rings is 1. The van der Waals surface area contributed by atoms with Gasteiger partial charge in [0, 0.05) is 23.2 Å². The average molecular weight is 276 g/mol. The van der Waals surface area contributed by atoms with Crippen LogP contribution in [0.5, 0.6) is 5.75 Å². The minimum atomic E-state index is 0.645. The summed E-state index contributed by atoms with van der Waals surface area (Å²) in [6, 6.07) is 5.74. The molecule has 2 aromatic rings. The van der Waals surface area contributed by atoms with Crippen LogP contribution in [-0.2, 0) is 4.74 Å². The number of hydrogen-bond donors (Lipinski definition) is 0. The smallest absolute Gasteiger partial charge is 0.121 e. The lowest BCUT2D eigenvalue weighted by Crippen LogP contribution is -2.04. The van der Waals surface area contributed by atoms with Gasteiger partial charge in [0.15, 0.2) is 0 Å². The van der Waals surface area contributed by atoms with Gasteiger partial charge in [0.05, 0.1) is 30.9 Å². The molecule has 98 valence electrons. The molecule has 0 unspecified atom stereocenters. The summed E-state index contributed by atoms with van der Waals surface area (Å²) in [5, 5.41) is 1.70. The monoisotopic (exact) mass is 275 g/mol. The maximum atomic E-state index is 6.51. The second-order valence-electron chi connectivity index (χ2n) is 4.42. The molecule has 19 heavy (non-hydrogen) atoms. The fourth-order valence-electron chi connectivity index (χ4n) is 2.26. The van der Waals surface area contributed by atoms with E-state index in [2.05, 4.69) is 11.1 Å². The van der Waals surface area contributed by atoms with Crippen molar-refractivity contribution in [2.75, 3.05) is 20.3 Å². The number of fused-ring (bicyclic) bond motifs is 1. The van der Waals surface area contributed by atoms with Gasteiger partial charge in [-0.15, -0.1) is 0 Å². The molecule has 0 bridgehead atoms. The highest BCUT2D eigenvalue weighted by molar-refractivity contribution is 6.37. The molecule has 4 heteroatoms. The first-order valence-electron chi connectivity index (χ1n) is 6.19. The maximum absolute atomic E-state index is 6.51. The zero-order valence-corrected chi connectivity index (χ0v) is 11.4. The third kappa shape index (κ3) is 2.31.